The largest absolute Gasteiger partial charge is 0.466 e. The number of carbonyl (C=O) groups excluding carboxylic acids is 2. The molecule has 2 atom stereocenters. The maximum atomic E-state index is 12.5. The summed E-state index contributed by atoms with van der Waals surface area (Å²) in [5, 5.41) is 23.4. The Morgan fingerprint density at radius 2 is 0.586 bits per heavy atom. The minimum Gasteiger partial charge on any atom is -0.466 e. The van der Waals surface area contributed by atoms with Crippen molar-refractivity contribution in [3.63, 3.8) is 0 Å². The number of unbranched alkanes of at least 4 members (excludes halogenated alkanes) is 50. The zero-order chi connectivity index (χ0) is 50.7. The Hall–Kier alpha value is -1.14. The van der Waals surface area contributed by atoms with Crippen molar-refractivity contribution < 1.29 is 24.5 Å². The Bertz CT molecular complexity index is 1010. The molecule has 0 heterocycles. The monoisotopic (exact) mass is 990 g/mol. The Morgan fingerprint density at radius 1 is 0.343 bits per heavy atom. The molecule has 0 aliphatic heterocycles. The van der Waals surface area contributed by atoms with Crippen LogP contribution in [-0.2, 0) is 14.3 Å². The first-order valence-corrected chi connectivity index (χ1v) is 32.3. The van der Waals surface area contributed by atoms with Gasteiger partial charge in [-0.1, -0.05) is 335 Å². The van der Waals surface area contributed by atoms with Crippen molar-refractivity contribution in [3.05, 3.63) is 0 Å². The SMILES string of the molecule is CCCCCCCCCCCCCCCCCCCCCCCC(O)C(CO)NC(=O)CCCCCCCCCCCCCCCCCCCCOC(=O)CCCCCCCCCCCCCCCC. The van der Waals surface area contributed by atoms with E-state index < -0.39 is 12.1 Å². The van der Waals surface area contributed by atoms with Crippen LogP contribution in [0.15, 0.2) is 0 Å². The van der Waals surface area contributed by atoms with Crippen molar-refractivity contribution in [2.45, 2.75) is 386 Å². The highest BCUT2D eigenvalue weighted by molar-refractivity contribution is 5.76. The Balaban J connectivity index is 3.39. The van der Waals surface area contributed by atoms with E-state index in [1.54, 1.807) is 0 Å². The van der Waals surface area contributed by atoms with Crippen LogP contribution in [0.3, 0.4) is 0 Å². The molecule has 0 spiro atoms. The molecular formula is C64H127NO5. The van der Waals surface area contributed by atoms with Crippen molar-refractivity contribution in [2.24, 2.45) is 0 Å². The zero-order valence-corrected chi connectivity index (χ0v) is 47.8. The lowest BCUT2D eigenvalue weighted by Gasteiger charge is -2.22. The standard InChI is InChI=1S/C64H127NO5/c1-3-5-7-9-11-13-15-17-19-20-21-22-23-26-29-32-36-40-44-48-52-56-62(67)61(60-66)65-63(68)57-53-49-45-41-37-33-30-27-24-25-28-31-35-39-43-47-51-55-59-70-64(69)58-54-50-46-42-38-34-18-16-14-12-10-8-6-4-2/h61-62,66-67H,3-60H2,1-2H3,(H,65,68). The van der Waals surface area contributed by atoms with Gasteiger partial charge >= 0.3 is 5.97 Å². The number of amides is 1. The fourth-order valence-corrected chi connectivity index (χ4v) is 10.5. The van der Waals surface area contributed by atoms with Gasteiger partial charge in [0.15, 0.2) is 0 Å². The Morgan fingerprint density at radius 3 is 0.871 bits per heavy atom. The van der Waals surface area contributed by atoms with Gasteiger partial charge in [-0.15, -0.1) is 0 Å². The molecule has 0 aromatic carbocycles. The number of ether oxygens (including phenoxy) is 1. The minimum absolute atomic E-state index is 0.0110. The molecule has 0 saturated heterocycles. The zero-order valence-electron chi connectivity index (χ0n) is 47.8. The molecule has 0 bridgehead atoms. The molecule has 70 heavy (non-hydrogen) atoms. The molecule has 0 aromatic rings. The van der Waals surface area contributed by atoms with Crippen LogP contribution in [0.4, 0.5) is 0 Å². The maximum Gasteiger partial charge on any atom is 0.305 e. The van der Waals surface area contributed by atoms with Gasteiger partial charge in [-0.25, -0.2) is 0 Å². The van der Waals surface area contributed by atoms with E-state index >= 15 is 0 Å². The summed E-state index contributed by atoms with van der Waals surface area (Å²) >= 11 is 0. The number of aliphatic hydroxyl groups is 2. The van der Waals surface area contributed by atoms with Crippen molar-refractivity contribution in [1.29, 1.82) is 0 Å². The van der Waals surface area contributed by atoms with Gasteiger partial charge in [0.1, 0.15) is 0 Å². The lowest BCUT2D eigenvalue weighted by molar-refractivity contribution is -0.143. The molecule has 0 saturated carbocycles. The summed E-state index contributed by atoms with van der Waals surface area (Å²) in [6.45, 7) is 4.99. The molecule has 1 amide bonds. The van der Waals surface area contributed by atoms with Crippen molar-refractivity contribution in [1.82, 2.24) is 5.32 Å². The summed E-state index contributed by atoms with van der Waals surface area (Å²) < 4.78 is 5.49. The molecule has 2 unspecified atom stereocenters. The summed E-state index contributed by atoms with van der Waals surface area (Å²) in [5.74, 6) is -0.0230. The molecule has 0 radical (unpaired) electrons. The molecule has 0 rings (SSSR count). The molecule has 6 nitrogen and oxygen atoms in total. The van der Waals surface area contributed by atoms with Crippen LogP contribution in [0.5, 0.6) is 0 Å². The molecule has 6 heteroatoms. The van der Waals surface area contributed by atoms with Gasteiger partial charge < -0.3 is 20.3 Å². The number of esters is 1. The van der Waals surface area contributed by atoms with Gasteiger partial charge in [-0.05, 0) is 25.7 Å². The highest BCUT2D eigenvalue weighted by atomic mass is 16.5. The lowest BCUT2D eigenvalue weighted by Crippen LogP contribution is -2.45. The van der Waals surface area contributed by atoms with Gasteiger partial charge in [-0.2, -0.15) is 0 Å². The number of rotatable bonds is 61. The van der Waals surface area contributed by atoms with Crippen LogP contribution < -0.4 is 5.32 Å². The third-order valence-corrected chi connectivity index (χ3v) is 15.4. The van der Waals surface area contributed by atoms with E-state index in [9.17, 15) is 19.8 Å². The van der Waals surface area contributed by atoms with Crippen molar-refractivity contribution in [2.75, 3.05) is 13.2 Å². The third kappa shape index (κ3) is 56.2. The highest BCUT2D eigenvalue weighted by Gasteiger charge is 2.20. The van der Waals surface area contributed by atoms with Crippen molar-refractivity contribution >= 4 is 11.9 Å². The second-order valence-electron chi connectivity index (χ2n) is 22.5. The topological polar surface area (TPSA) is 95.9 Å². The summed E-state index contributed by atoms with van der Waals surface area (Å²) in [6, 6.07) is -0.544. The predicted octanol–water partition coefficient (Wildman–Crippen LogP) is 20.3. The summed E-state index contributed by atoms with van der Waals surface area (Å²) in [7, 11) is 0. The normalized spacial score (nSPS) is 12.5. The second-order valence-corrected chi connectivity index (χ2v) is 22.5. The molecule has 418 valence electrons. The lowest BCUT2D eigenvalue weighted by atomic mass is 10.0. The Labute approximate surface area is 438 Å². The molecule has 3 N–H and O–H groups in total. The smallest absolute Gasteiger partial charge is 0.305 e. The highest BCUT2D eigenvalue weighted by Crippen LogP contribution is 2.19. The molecule has 0 aromatic heterocycles. The van der Waals surface area contributed by atoms with Gasteiger partial charge in [0.05, 0.1) is 25.4 Å². The molecule has 0 fully saturated rings. The van der Waals surface area contributed by atoms with E-state index in [4.69, 9.17) is 4.74 Å². The van der Waals surface area contributed by atoms with E-state index in [-0.39, 0.29) is 18.5 Å². The van der Waals surface area contributed by atoms with Crippen LogP contribution in [0, 0.1) is 0 Å². The van der Waals surface area contributed by atoms with Crippen LogP contribution in [-0.4, -0.2) is 47.4 Å². The average molecular weight is 991 g/mol. The predicted molar refractivity (Wildman–Crippen MR) is 306 cm³/mol. The van der Waals surface area contributed by atoms with E-state index in [1.807, 2.05) is 0 Å². The summed E-state index contributed by atoms with van der Waals surface area (Å²) in [6.07, 6.45) is 71.1. The fraction of sp³-hybridized carbons (Fsp3) is 0.969. The average Bonchev–Trinajstić information content (AvgIpc) is 3.36. The van der Waals surface area contributed by atoms with E-state index in [1.165, 1.54) is 302 Å². The first-order valence-electron chi connectivity index (χ1n) is 32.3. The molecule has 0 aliphatic carbocycles. The number of nitrogens with one attached hydrogen (secondary N) is 1. The first kappa shape index (κ1) is 68.9. The van der Waals surface area contributed by atoms with Gasteiger partial charge in [0, 0.05) is 12.8 Å². The second kappa shape index (κ2) is 60.4. The van der Waals surface area contributed by atoms with E-state index in [2.05, 4.69) is 19.2 Å². The number of aliphatic hydroxyl groups excluding tert-OH is 2. The van der Waals surface area contributed by atoms with Crippen LogP contribution in [0.25, 0.3) is 0 Å². The van der Waals surface area contributed by atoms with E-state index in [0.29, 0.717) is 25.9 Å². The number of hydrogen-bond donors (Lipinski definition) is 3. The van der Waals surface area contributed by atoms with Gasteiger partial charge in [0.2, 0.25) is 5.91 Å². The molecular weight excluding hydrogens is 863 g/mol. The Kier molecular flexibility index (Phi) is 59.4. The third-order valence-electron chi connectivity index (χ3n) is 15.4. The molecule has 0 aliphatic rings. The van der Waals surface area contributed by atoms with Gasteiger partial charge in [0.25, 0.3) is 0 Å². The number of hydrogen-bond acceptors (Lipinski definition) is 5. The number of carbonyl (C=O) groups is 2. The quantitative estimate of drug-likeness (QED) is 0.0417. The summed E-state index contributed by atoms with van der Waals surface area (Å²) in [4.78, 5) is 24.6. The van der Waals surface area contributed by atoms with Crippen LogP contribution in [0.2, 0.25) is 0 Å². The van der Waals surface area contributed by atoms with Crippen LogP contribution in [0.1, 0.15) is 373 Å². The minimum atomic E-state index is -0.667. The maximum absolute atomic E-state index is 12.5. The fourth-order valence-electron chi connectivity index (χ4n) is 10.5. The summed E-state index contributed by atoms with van der Waals surface area (Å²) in [5.41, 5.74) is 0. The first-order chi connectivity index (χ1) is 34.5. The van der Waals surface area contributed by atoms with Crippen molar-refractivity contribution in [3.8, 4) is 0 Å². The van der Waals surface area contributed by atoms with Gasteiger partial charge in [-0.3, -0.25) is 9.59 Å². The van der Waals surface area contributed by atoms with Crippen LogP contribution >= 0.6 is 0 Å². The van der Waals surface area contributed by atoms with E-state index in [0.717, 1.165) is 38.5 Å².